The Hall–Kier alpha value is -1.86. The minimum Gasteiger partial charge on any atom is -0.389 e. The predicted molar refractivity (Wildman–Crippen MR) is 72.0 cm³/mol. The van der Waals surface area contributed by atoms with Crippen LogP contribution >= 0.6 is 11.8 Å². The molecule has 7 heteroatoms. The summed E-state index contributed by atoms with van der Waals surface area (Å²) in [6.45, 7) is 1.50. The lowest BCUT2D eigenvalue weighted by Crippen LogP contribution is -2.01. The largest absolute Gasteiger partial charge is 0.389 e. The van der Waals surface area contributed by atoms with Gasteiger partial charge in [0.2, 0.25) is 0 Å². The Balaban J connectivity index is 2.40. The maximum absolute atomic E-state index is 13.7. The number of nitrogens with two attached hydrogens (primary N) is 2. The quantitative estimate of drug-likeness (QED) is 0.744. The van der Waals surface area contributed by atoms with Crippen LogP contribution in [0.3, 0.4) is 0 Å². The predicted octanol–water partition coefficient (Wildman–Crippen LogP) is 1.98. The van der Waals surface area contributed by atoms with Crippen LogP contribution < -0.4 is 11.5 Å². The molecule has 0 saturated heterocycles. The molecule has 0 spiro atoms. The molecule has 0 radical (unpaired) electrons. The van der Waals surface area contributed by atoms with E-state index in [9.17, 15) is 9.50 Å². The number of hydrogen-bond acceptors (Lipinski definition) is 6. The minimum absolute atomic E-state index is 0.206. The van der Waals surface area contributed by atoms with E-state index in [-0.39, 0.29) is 17.2 Å². The molecule has 100 valence electrons. The fourth-order valence-electron chi connectivity index (χ4n) is 1.62. The number of benzene rings is 1. The van der Waals surface area contributed by atoms with E-state index in [1.54, 1.807) is 12.1 Å². The van der Waals surface area contributed by atoms with Crippen LogP contribution in [0.1, 0.15) is 18.6 Å². The van der Waals surface area contributed by atoms with Crippen molar-refractivity contribution < 1.29 is 9.50 Å². The fourth-order valence-corrected chi connectivity index (χ4v) is 2.64. The molecule has 1 aromatic heterocycles. The molecule has 0 saturated carbocycles. The van der Waals surface area contributed by atoms with Gasteiger partial charge in [0.15, 0.2) is 5.16 Å². The van der Waals surface area contributed by atoms with Gasteiger partial charge in [-0.2, -0.15) is 0 Å². The molecule has 2 rings (SSSR count). The van der Waals surface area contributed by atoms with Crippen molar-refractivity contribution in [3.63, 3.8) is 0 Å². The standard InChI is InChI=1S/C12H13FN4OS/c1-6(18)11-7(13)3-2-4-8(11)19-12-16-9(14)5-10(15)17-12/h2-6,18H,1H3,(H4,14,15,16,17)/t6-/m1/s1. The molecule has 0 unspecified atom stereocenters. The third kappa shape index (κ3) is 3.12. The molecule has 0 aliphatic rings. The van der Waals surface area contributed by atoms with Gasteiger partial charge in [0.25, 0.3) is 0 Å². The average Bonchev–Trinajstić information content (AvgIpc) is 2.26. The van der Waals surface area contributed by atoms with Crippen molar-refractivity contribution in [2.24, 2.45) is 0 Å². The smallest absolute Gasteiger partial charge is 0.196 e. The van der Waals surface area contributed by atoms with Crippen molar-refractivity contribution in [3.05, 3.63) is 35.6 Å². The zero-order valence-corrected chi connectivity index (χ0v) is 11.0. The van der Waals surface area contributed by atoms with Crippen molar-refractivity contribution in [3.8, 4) is 0 Å². The molecule has 19 heavy (non-hydrogen) atoms. The summed E-state index contributed by atoms with van der Waals surface area (Å²) in [5, 5.41) is 9.94. The summed E-state index contributed by atoms with van der Waals surface area (Å²) in [6.07, 6.45) is -0.929. The molecule has 2 aromatic rings. The minimum atomic E-state index is -0.929. The lowest BCUT2D eigenvalue weighted by atomic mass is 10.1. The first-order chi connectivity index (χ1) is 8.97. The summed E-state index contributed by atoms with van der Waals surface area (Å²) in [4.78, 5) is 8.54. The zero-order valence-electron chi connectivity index (χ0n) is 10.2. The second kappa shape index (κ2) is 5.41. The molecule has 5 N–H and O–H groups in total. The van der Waals surface area contributed by atoms with Gasteiger partial charge >= 0.3 is 0 Å². The molecule has 1 heterocycles. The number of aliphatic hydroxyl groups is 1. The number of hydrogen-bond donors (Lipinski definition) is 3. The number of aliphatic hydroxyl groups excluding tert-OH is 1. The van der Waals surface area contributed by atoms with Gasteiger partial charge in [-0.25, -0.2) is 14.4 Å². The van der Waals surface area contributed by atoms with Crippen molar-refractivity contribution in [1.29, 1.82) is 0 Å². The highest BCUT2D eigenvalue weighted by molar-refractivity contribution is 7.99. The van der Waals surface area contributed by atoms with E-state index in [2.05, 4.69) is 9.97 Å². The molecular weight excluding hydrogens is 267 g/mol. The maximum atomic E-state index is 13.7. The lowest BCUT2D eigenvalue weighted by Gasteiger charge is -2.12. The molecule has 0 aliphatic heterocycles. The summed E-state index contributed by atoms with van der Waals surface area (Å²) in [5.41, 5.74) is 11.4. The third-order valence-electron chi connectivity index (χ3n) is 2.38. The van der Waals surface area contributed by atoms with Crippen LogP contribution in [0.2, 0.25) is 0 Å². The number of aromatic nitrogens is 2. The van der Waals surface area contributed by atoms with Gasteiger partial charge in [0.1, 0.15) is 17.5 Å². The Bertz CT molecular complexity index is 586. The highest BCUT2D eigenvalue weighted by atomic mass is 32.2. The molecule has 1 atom stereocenters. The van der Waals surface area contributed by atoms with Gasteiger partial charge in [-0.15, -0.1) is 0 Å². The van der Waals surface area contributed by atoms with Crippen molar-refractivity contribution in [1.82, 2.24) is 9.97 Å². The Labute approximate surface area is 113 Å². The highest BCUT2D eigenvalue weighted by Gasteiger charge is 2.15. The fraction of sp³-hybridized carbons (Fsp3) is 0.167. The molecule has 0 aliphatic carbocycles. The molecule has 0 fully saturated rings. The first kappa shape index (κ1) is 13.6. The van der Waals surface area contributed by atoms with Crippen LogP contribution in [-0.4, -0.2) is 15.1 Å². The van der Waals surface area contributed by atoms with Crippen LogP contribution in [0.15, 0.2) is 34.3 Å². The summed E-state index contributed by atoms with van der Waals surface area (Å²) in [6, 6.07) is 5.96. The van der Waals surface area contributed by atoms with Gasteiger partial charge in [-0.05, 0) is 30.8 Å². The van der Waals surface area contributed by atoms with Gasteiger partial charge in [-0.3, -0.25) is 0 Å². The van der Waals surface area contributed by atoms with Gasteiger partial charge in [-0.1, -0.05) is 6.07 Å². The second-order valence-electron chi connectivity index (χ2n) is 3.93. The van der Waals surface area contributed by atoms with Crippen molar-refractivity contribution in [2.75, 3.05) is 11.5 Å². The van der Waals surface area contributed by atoms with Gasteiger partial charge in [0, 0.05) is 16.5 Å². The summed E-state index contributed by atoms with van der Waals surface area (Å²) in [5.74, 6) is 0.00637. The second-order valence-corrected chi connectivity index (χ2v) is 4.94. The maximum Gasteiger partial charge on any atom is 0.196 e. The molecule has 5 nitrogen and oxygen atoms in total. The molecule has 0 amide bonds. The summed E-state index contributed by atoms with van der Waals surface area (Å²) in [7, 11) is 0. The number of rotatable bonds is 3. The number of halogens is 1. The van der Waals surface area contributed by atoms with E-state index < -0.39 is 11.9 Å². The average molecular weight is 280 g/mol. The summed E-state index contributed by atoms with van der Waals surface area (Å²) < 4.78 is 13.7. The molecular formula is C12H13FN4OS. The number of nitrogens with zero attached hydrogens (tertiary/aromatic N) is 2. The van der Waals surface area contributed by atoms with E-state index in [4.69, 9.17) is 11.5 Å². The topological polar surface area (TPSA) is 98.0 Å². The van der Waals surface area contributed by atoms with Crippen LogP contribution in [0.25, 0.3) is 0 Å². The van der Waals surface area contributed by atoms with E-state index in [0.717, 1.165) is 11.8 Å². The zero-order chi connectivity index (χ0) is 14.0. The van der Waals surface area contributed by atoms with Crippen LogP contribution in [0.5, 0.6) is 0 Å². The first-order valence-corrected chi connectivity index (χ1v) is 6.33. The molecule has 0 bridgehead atoms. The van der Waals surface area contributed by atoms with Crippen molar-refractivity contribution >= 4 is 23.4 Å². The lowest BCUT2D eigenvalue weighted by molar-refractivity contribution is 0.191. The Kier molecular flexibility index (Phi) is 3.87. The van der Waals surface area contributed by atoms with Gasteiger partial charge in [0.05, 0.1) is 6.10 Å². The monoisotopic (exact) mass is 280 g/mol. The molecule has 1 aromatic carbocycles. The number of nitrogen functional groups attached to an aromatic ring is 2. The SMILES string of the molecule is C[C@@H](O)c1c(F)cccc1Sc1nc(N)cc(N)n1. The first-order valence-electron chi connectivity index (χ1n) is 5.51. The van der Waals surface area contributed by atoms with E-state index in [0.29, 0.717) is 10.1 Å². The van der Waals surface area contributed by atoms with E-state index >= 15 is 0 Å². The number of anilines is 2. The summed E-state index contributed by atoms with van der Waals surface area (Å²) >= 11 is 1.10. The third-order valence-corrected chi connectivity index (χ3v) is 3.32. The Morgan fingerprint density at radius 3 is 2.47 bits per heavy atom. The van der Waals surface area contributed by atoms with Crippen LogP contribution in [-0.2, 0) is 0 Å². The van der Waals surface area contributed by atoms with Crippen LogP contribution in [0.4, 0.5) is 16.0 Å². The van der Waals surface area contributed by atoms with Crippen molar-refractivity contribution in [2.45, 2.75) is 23.1 Å². The van der Waals surface area contributed by atoms with Gasteiger partial charge < -0.3 is 16.6 Å². The van der Waals surface area contributed by atoms with E-state index in [1.165, 1.54) is 19.1 Å². The normalized spacial score (nSPS) is 12.4. The highest BCUT2D eigenvalue weighted by Crippen LogP contribution is 2.33. The van der Waals surface area contributed by atoms with E-state index in [1.807, 2.05) is 0 Å². The Morgan fingerprint density at radius 2 is 1.89 bits per heavy atom. The van der Waals surface area contributed by atoms with Crippen LogP contribution in [0, 0.1) is 5.82 Å². The Morgan fingerprint density at radius 1 is 1.26 bits per heavy atom.